The van der Waals surface area contributed by atoms with Crippen LogP contribution in [-0.2, 0) is 6.61 Å². The average molecular weight is 277 g/mol. The molecule has 21 heavy (non-hydrogen) atoms. The van der Waals surface area contributed by atoms with E-state index in [1.165, 1.54) is 16.7 Å². The third-order valence-electron chi connectivity index (χ3n) is 3.81. The molecule has 0 saturated carbocycles. The van der Waals surface area contributed by atoms with Crippen molar-refractivity contribution >= 4 is 16.5 Å². The van der Waals surface area contributed by atoms with Crippen LogP contribution in [0.1, 0.15) is 16.7 Å². The largest absolute Gasteiger partial charge is 0.488 e. The molecular weight excluding hydrogens is 258 g/mol. The summed E-state index contributed by atoms with van der Waals surface area (Å²) in [6, 6.07) is 18.4. The predicted octanol–water partition coefficient (Wildman–Crippen LogP) is 4.62. The maximum Gasteiger partial charge on any atom is 0.127 e. The van der Waals surface area contributed by atoms with Gasteiger partial charge in [-0.15, -0.1) is 0 Å². The second-order valence-corrected chi connectivity index (χ2v) is 5.42. The Morgan fingerprint density at radius 3 is 2.48 bits per heavy atom. The van der Waals surface area contributed by atoms with Crippen molar-refractivity contribution in [2.24, 2.45) is 0 Å². The van der Waals surface area contributed by atoms with Gasteiger partial charge in [0.25, 0.3) is 0 Å². The number of nitrogen functional groups attached to an aromatic ring is 1. The Labute approximate surface area is 125 Å². The molecule has 0 heterocycles. The van der Waals surface area contributed by atoms with Crippen molar-refractivity contribution < 1.29 is 4.74 Å². The fourth-order valence-electron chi connectivity index (χ4n) is 2.53. The molecule has 0 saturated heterocycles. The summed E-state index contributed by atoms with van der Waals surface area (Å²) in [4.78, 5) is 0. The van der Waals surface area contributed by atoms with Crippen molar-refractivity contribution in [3.8, 4) is 5.75 Å². The van der Waals surface area contributed by atoms with Gasteiger partial charge in [-0.05, 0) is 37.1 Å². The molecule has 0 aliphatic carbocycles. The molecule has 0 radical (unpaired) electrons. The lowest BCUT2D eigenvalue weighted by Crippen LogP contribution is -1.99. The van der Waals surface area contributed by atoms with E-state index in [1.807, 2.05) is 36.4 Å². The van der Waals surface area contributed by atoms with Gasteiger partial charge in [0.15, 0.2) is 0 Å². The molecule has 2 heteroatoms. The first kappa shape index (κ1) is 13.5. The maximum absolute atomic E-state index is 6.04. The van der Waals surface area contributed by atoms with Gasteiger partial charge in [0.05, 0.1) is 0 Å². The Bertz CT molecular complexity index is 793. The van der Waals surface area contributed by atoms with Crippen molar-refractivity contribution in [3.63, 3.8) is 0 Å². The van der Waals surface area contributed by atoms with Crippen molar-refractivity contribution in [3.05, 3.63) is 71.3 Å². The Morgan fingerprint density at radius 2 is 1.67 bits per heavy atom. The Morgan fingerprint density at radius 1 is 0.905 bits per heavy atom. The number of fused-ring (bicyclic) bond motifs is 1. The third kappa shape index (κ3) is 2.70. The zero-order valence-corrected chi connectivity index (χ0v) is 12.4. The molecular formula is C19H19NO. The number of nitrogens with two attached hydrogens (primary N) is 1. The lowest BCUT2D eigenvalue weighted by atomic mass is 10.1. The summed E-state index contributed by atoms with van der Waals surface area (Å²) in [6.07, 6.45) is 0. The van der Waals surface area contributed by atoms with Crippen LogP contribution >= 0.6 is 0 Å². The van der Waals surface area contributed by atoms with Gasteiger partial charge >= 0.3 is 0 Å². The summed E-state index contributed by atoms with van der Waals surface area (Å²) < 4.78 is 6.04. The van der Waals surface area contributed by atoms with Crippen LogP contribution in [-0.4, -0.2) is 0 Å². The van der Waals surface area contributed by atoms with Crippen LogP contribution in [0.2, 0.25) is 0 Å². The number of aryl methyl sites for hydroxylation is 2. The zero-order valence-electron chi connectivity index (χ0n) is 12.4. The van der Waals surface area contributed by atoms with Crippen LogP contribution < -0.4 is 10.5 Å². The summed E-state index contributed by atoms with van der Waals surface area (Å²) in [5.74, 6) is 0.876. The molecule has 2 N–H and O–H groups in total. The Kier molecular flexibility index (Phi) is 3.53. The van der Waals surface area contributed by atoms with Crippen LogP contribution in [0.15, 0.2) is 54.6 Å². The number of ether oxygens (including phenoxy) is 1. The quantitative estimate of drug-likeness (QED) is 0.709. The first-order chi connectivity index (χ1) is 10.1. The highest BCUT2D eigenvalue weighted by Crippen LogP contribution is 2.30. The lowest BCUT2D eigenvalue weighted by Gasteiger charge is -2.12. The van der Waals surface area contributed by atoms with Crippen molar-refractivity contribution in [1.82, 2.24) is 0 Å². The highest BCUT2D eigenvalue weighted by molar-refractivity contribution is 5.96. The van der Waals surface area contributed by atoms with Crippen LogP contribution in [0.3, 0.4) is 0 Å². The van der Waals surface area contributed by atoms with Gasteiger partial charge in [0, 0.05) is 16.5 Å². The van der Waals surface area contributed by atoms with E-state index >= 15 is 0 Å². The van der Waals surface area contributed by atoms with Gasteiger partial charge in [-0.2, -0.15) is 0 Å². The molecule has 0 atom stereocenters. The normalized spacial score (nSPS) is 10.8. The van der Waals surface area contributed by atoms with E-state index in [-0.39, 0.29) is 0 Å². The molecule has 3 aromatic carbocycles. The number of hydrogen-bond acceptors (Lipinski definition) is 2. The van der Waals surface area contributed by atoms with Crippen LogP contribution in [0.4, 0.5) is 5.69 Å². The molecule has 0 aliphatic heterocycles. The smallest absolute Gasteiger partial charge is 0.127 e. The first-order valence-corrected chi connectivity index (χ1v) is 7.11. The van der Waals surface area contributed by atoms with Gasteiger partial charge in [-0.1, -0.05) is 48.0 Å². The van der Waals surface area contributed by atoms with Gasteiger partial charge in [-0.3, -0.25) is 0 Å². The maximum atomic E-state index is 6.04. The molecule has 0 spiro atoms. The van der Waals surface area contributed by atoms with Crippen LogP contribution in [0.25, 0.3) is 10.8 Å². The Balaban J connectivity index is 1.92. The monoisotopic (exact) mass is 277 g/mol. The molecule has 0 fully saturated rings. The topological polar surface area (TPSA) is 35.2 Å². The first-order valence-electron chi connectivity index (χ1n) is 7.11. The summed E-state index contributed by atoms with van der Waals surface area (Å²) in [7, 11) is 0. The van der Waals surface area contributed by atoms with Crippen molar-refractivity contribution in [2.75, 3.05) is 5.73 Å². The zero-order chi connectivity index (χ0) is 14.8. The minimum Gasteiger partial charge on any atom is -0.488 e. The molecule has 0 aromatic heterocycles. The standard InChI is InChI=1S/C19H19NO/c1-13-7-8-14(2)15(11-13)12-21-19-10-9-18(20)16-5-3-4-6-17(16)19/h3-11H,12,20H2,1-2H3. The lowest BCUT2D eigenvalue weighted by molar-refractivity contribution is 0.309. The average Bonchev–Trinajstić information content (AvgIpc) is 2.50. The number of benzene rings is 3. The summed E-state index contributed by atoms with van der Waals surface area (Å²) in [5, 5.41) is 2.10. The molecule has 0 unspecified atom stereocenters. The van der Waals surface area contributed by atoms with Gasteiger partial charge in [-0.25, -0.2) is 0 Å². The second kappa shape index (κ2) is 5.49. The number of rotatable bonds is 3. The molecule has 3 aromatic rings. The Hall–Kier alpha value is -2.48. The summed E-state index contributed by atoms with van der Waals surface area (Å²) in [6.45, 7) is 4.78. The number of anilines is 1. The molecule has 0 bridgehead atoms. The fraction of sp³-hybridized carbons (Fsp3) is 0.158. The minimum absolute atomic E-state index is 0.571. The molecule has 106 valence electrons. The van der Waals surface area contributed by atoms with Crippen LogP contribution in [0.5, 0.6) is 5.75 Å². The van der Waals surface area contributed by atoms with Gasteiger partial charge < -0.3 is 10.5 Å². The van der Waals surface area contributed by atoms with Crippen molar-refractivity contribution in [1.29, 1.82) is 0 Å². The van der Waals surface area contributed by atoms with Crippen LogP contribution in [0, 0.1) is 13.8 Å². The van der Waals surface area contributed by atoms with E-state index in [2.05, 4.69) is 32.0 Å². The van der Waals surface area contributed by atoms with Crippen molar-refractivity contribution in [2.45, 2.75) is 20.5 Å². The third-order valence-corrected chi connectivity index (χ3v) is 3.81. The van der Waals surface area contributed by atoms with E-state index in [0.717, 1.165) is 22.2 Å². The molecule has 0 aliphatic rings. The van der Waals surface area contributed by atoms with E-state index in [9.17, 15) is 0 Å². The van der Waals surface area contributed by atoms with E-state index in [4.69, 9.17) is 10.5 Å². The number of hydrogen-bond donors (Lipinski definition) is 1. The molecule has 3 rings (SSSR count). The SMILES string of the molecule is Cc1ccc(C)c(COc2ccc(N)c3ccccc23)c1. The molecule has 0 amide bonds. The van der Waals surface area contributed by atoms with E-state index in [0.29, 0.717) is 6.61 Å². The molecule has 2 nitrogen and oxygen atoms in total. The predicted molar refractivity (Wildman–Crippen MR) is 88.6 cm³/mol. The van der Waals surface area contributed by atoms with Gasteiger partial charge in [0.1, 0.15) is 12.4 Å². The van der Waals surface area contributed by atoms with E-state index in [1.54, 1.807) is 0 Å². The minimum atomic E-state index is 0.571. The van der Waals surface area contributed by atoms with E-state index < -0.39 is 0 Å². The highest BCUT2D eigenvalue weighted by atomic mass is 16.5. The summed E-state index contributed by atoms with van der Waals surface area (Å²) in [5.41, 5.74) is 10.5. The highest BCUT2D eigenvalue weighted by Gasteiger charge is 2.06. The van der Waals surface area contributed by atoms with Gasteiger partial charge in [0.2, 0.25) is 0 Å². The second-order valence-electron chi connectivity index (χ2n) is 5.42. The fourth-order valence-corrected chi connectivity index (χ4v) is 2.53. The summed E-state index contributed by atoms with van der Waals surface area (Å²) >= 11 is 0.